The van der Waals surface area contributed by atoms with E-state index in [0.29, 0.717) is 6.10 Å². The Morgan fingerprint density at radius 2 is 1.75 bits per heavy atom. The summed E-state index contributed by atoms with van der Waals surface area (Å²) in [4.78, 5) is 0. The first-order valence-corrected chi connectivity index (χ1v) is 5.34. The zero-order valence-corrected chi connectivity index (χ0v) is 8.06. The first kappa shape index (κ1) is 10.0. The van der Waals surface area contributed by atoms with Crippen LogP contribution in [0, 0.1) is 6.92 Å². The van der Waals surface area contributed by atoms with Crippen molar-refractivity contribution in [3.8, 4) is 0 Å². The predicted molar refractivity (Wildman–Crippen MR) is 52.0 cm³/mol. The third-order valence-electron chi connectivity index (χ3n) is 2.57. The lowest BCUT2D eigenvalue weighted by atomic mass is 10.0. The second-order valence-corrected chi connectivity index (χ2v) is 3.69. The Balaban J connectivity index is 1.70. The summed E-state index contributed by atoms with van der Waals surface area (Å²) in [6, 6.07) is 0. The van der Waals surface area contributed by atoms with Crippen LogP contribution in [-0.4, -0.2) is 12.7 Å². The van der Waals surface area contributed by atoms with Crippen molar-refractivity contribution in [2.75, 3.05) is 6.61 Å². The second-order valence-electron chi connectivity index (χ2n) is 3.69. The molecule has 1 rings (SSSR count). The van der Waals surface area contributed by atoms with E-state index in [1.54, 1.807) is 0 Å². The predicted octanol–water partition coefficient (Wildman–Crippen LogP) is 3.34. The quantitative estimate of drug-likeness (QED) is 0.531. The molecule has 1 fully saturated rings. The molecule has 0 aromatic rings. The molecule has 1 unspecified atom stereocenters. The zero-order chi connectivity index (χ0) is 8.65. The topological polar surface area (TPSA) is 9.23 Å². The van der Waals surface area contributed by atoms with E-state index >= 15 is 0 Å². The summed E-state index contributed by atoms with van der Waals surface area (Å²) in [6.45, 7) is 4.84. The van der Waals surface area contributed by atoms with E-state index in [1.807, 2.05) is 0 Å². The maximum absolute atomic E-state index is 5.35. The van der Waals surface area contributed by atoms with Crippen molar-refractivity contribution in [3.63, 3.8) is 0 Å². The van der Waals surface area contributed by atoms with Crippen molar-refractivity contribution in [2.45, 2.75) is 57.5 Å². The number of hydrogen-bond acceptors (Lipinski definition) is 1. The monoisotopic (exact) mass is 169 g/mol. The van der Waals surface area contributed by atoms with E-state index in [4.69, 9.17) is 4.74 Å². The van der Waals surface area contributed by atoms with Crippen molar-refractivity contribution in [1.82, 2.24) is 0 Å². The van der Waals surface area contributed by atoms with Gasteiger partial charge in [-0.3, -0.25) is 0 Å². The van der Waals surface area contributed by atoms with Gasteiger partial charge in [0.15, 0.2) is 0 Å². The fraction of sp³-hybridized carbons (Fsp3) is 0.909. The Hall–Kier alpha value is -0.0400. The van der Waals surface area contributed by atoms with E-state index < -0.39 is 0 Å². The average molecular weight is 169 g/mol. The highest BCUT2D eigenvalue weighted by Crippen LogP contribution is 2.18. The van der Waals surface area contributed by atoms with E-state index in [1.165, 1.54) is 44.9 Å². The third-order valence-corrected chi connectivity index (χ3v) is 2.57. The van der Waals surface area contributed by atoms with Gasteiger partial charge in [0.2, 0.25) is 0 Å². The number of unbranched alkanes of at least 4 members (excludes halogenated alkanes) is 5. The molecule has 1 heteroatoms. The normalized spacial score (nSPS) is 22.2. The fourth-order valence-corrected chi connectivity index (χ4v) is 1.59. The van der Waals surface area contributed by atoms with Crippen molar-refractivity contribution in [3.05, 3.63) is 6.92 Å². The number of hydrogen-bond donors (Lipinski definition) is 0. The molecule has 1 saturated heterocycles. The summed E-state index contributed by atoms with van der Waals surface area (Å²) in [5, 5.41) is 0. The Labute approximate surface area is 76.5 Å². The fourth-order valence-electron chi connectivity index (χ4n) is 1.59. The molecule has 12 heavy (non-hydrogen) atoms. The molecule has 0 amide bonds. The van der Waals surface area contributed by atoms with E-state index in [-0.39, 0.29) is 0 Å². The zero-order valence-electron chi connectivity index (χ0n) is 8.06. The van der Waals surface area contributed by atoms with Gasteiger partial charge < -0.3 is 4.74 Å². The van der Waals surface area contributed by atoms with Crippen LogP contribution < -0.4 is 0 Å². The van der Waals surface area contributed by atoms with Gasteiger partial charge in [-0.2, -0.15) is 0 Å². The first-order chi connectivity index (χ1) is 5.93. The van der Waals surface area contributed by atoms with Crippen LogP contribution in [0.4, 0.5) is 0 Å². The van der Waals surface area contributed by atoms with Gasteiger partial charge in [-0.15, -0.1) is 0 Å². The molecule has 1 aliphatic rings. The number of ether oxygens (including phenoxy) is 1. The van der Waals surface area contributed by atoms with Crippen LogP contribution >= 0.6 is 0 Å². The van der Waals surface area contributed by atoms with Crippen LogP contribution in [0.2, 0.25) is 0 Å². The van der Waals surface area contributed by atoms with Crippen LogP contribution in [0.25, 0.3) is 0 Å². The summed E-state index contributed by atoms with van der Waals surface area (Å²) >= 11 is 0. The maximum Gasteiger partial charge on any atom is 0.0597 e. The molecule has 0 saturated carbocycles. The van der Waals surface area contributed by atoms with Crippen molar-refractivity contribution in [2.24, 2.45) is 0 Å². The second kappa shape index (κ2) is 6.47. The molecule has 1 aliphatic heterocycles. The highest BCUT2D eigenvalue weighted by Gasteiger charge is 2.16. The van der Waals surface area contributed by atoms with Crippen LogP contribution in [0.5, 0.6) is 0 Å². The van der Waals surface area contributed by atoms with Crippen molar-refractivity contribution < 1.29 is 4.74 Å². The Morgan fingerprint density at radius 3 is 2.33 bits per heavy atom. The lowest BCUT2D eigenvalue weighted by molar-refractivity contribution is -0.0555. The molecule has 0 aromatic carbocycles. The van der Waals surface area contributed by atoms with Gasteiger partial charge >= 0.3 is 0 Å². The summed E-state index contributed by atoms with van der Waals surface area (Å²) in [7, 11) is 0. The lowest BCUT2D eigenvalue weighted by Crippen LogP contribution is -2.26. The molecule has 1 radical (unpaired) electrons. The molecule has 0 bridgehead atoms. The van der Waals surface area contributed by atoms with Crippen LogP contribution in [0.3, 0.4) is 0 Å². The van der Waals surface area contributed by atoms with Gasteiger partial charge in [0, 0.05) is 6.61 Å². The standard InChI is InChI=1S/C11H21O/c1-2-3-4-5-6-7-8-11-9-10-12-11/h11H,1-10H2. The molecule has 71 valence electrons. The number of rotatable bonds is 7. The van der Waals surface area contributed by atoms with Gasteiger partial charge in [0.25, 0.3) is 0 Å². The Bertz CT molecular complexity index is 97.2. The molecule has 0 spiro atoms. The van der Waals surface area contributed by atoms with Crippen LogP contribution in [0.1, 0.15) is 51.4 Å². The first-order valence-electron chi connectivity index (χ1n) is 5.34. The van der Waals surface area contributed by atoms with Gasteiger partial charge in [-0.05, 0) is 12.8 Å². The van der Waals surface area contributed by atoms with E-state index in [0.717, 1.165) is 13.0 Å². The van der Waals surface area contributed by atoms with Gasteiger partial charge in [-0.25, -0.2) is 0 Å². The minimum absolute atomic E-state index is 0.623. The minimum Gasteiger partial charge on any atom is -0.378 e. The van der Waals surface area contributed by atoms with Gasteiger partial charge in [0.1, 0.15) is 0 Å². The summed E-state index contributed by atoms with van der Waals surface area (Å²) in [6.07, 6.45) is 11.1. The molecule has 0 N–H and O–H groups in total. The van der Waals surface area contributed by atoms with E-state index in [2.05, 4.69) is 6.92 Å². The van der Waals surface area contributed by atoms with Gasteiger partial charge in [-0.1, -0.05) is 45.4 Å². The molecular weight excluding hydrogens is 148 g/mol. The largest absolute Gasteiger partial charge is 0.378 e. The molecular formula is C11H21O. The third kappa shape index (κ3) is 4.10. The summed E-state index contributed by atoms with van der Waals surface area (Å²) in [5.74, 6) is 0. The molecule has 1 atom stereocenters. The Kier molecular flexibility index (Phi) is 5.42. The highest BCUT2D eigenvalue weighted by atomic mass is 16.5. The van der Waals surface area contributed by atoms with Crippen molar-refractivity contribution >= 4 is 0 Å². The Morgan fingerprint density at radius 1 is 1.08 bits per heavy atom. The minimum atomic E-state index is 0.623. The summed E-state index contributed by atoms with van der Waals surface area (Å²) < 4.78 is 5.35. The molecule has 0 aliphatic carbocycles. The van der Waals surface area contributed by atoms with E-state index in [9.17, 15) is 0 Å². The van der Waals surface area contributed by atoms with Crippen LogP contribution in [-0.2, 0) is 4.74 Å². The average Bonchev–Trinajstić information content (AvgIpc) is 2.00. The van der Waals surface area contributed by atoms with Crippen LogP contribution in [0.15, 0.2) is 0 Å². The molecule has 0 aromatic heterocycles. The van der Waals surface area contributed by atoms with Gasteiger partial charge in [0.05, 0.1) is 6.10 Å². The smallest absolute Gasteiger partial charge is 0.0597 e. The van der Waals surface area contributed by atoms with Crippen molar-refractivity contribution in [1.29, 1.82) is 0 Å². The molecule has 1 nitrogen and oxygen atoms in total. The molecule has 1 heterocycles. The maximum atomic E-state index is 5.35. The lowest BCUT2D eigenvalue weighted by Gasteiger charge is -2.26. The highest BCUT2D eigenvalue weighted by molar-refractivity contribution is 4.65. The summed E-state index contributed by atoms with van der Waals surface area (Å²) in [5.41, 5.74) is 0. The SMILES string of the molecule is [CH2]CCCCCCCC1CCO1.